The molecule has 0 N–H and O–H groups in total. The van der Waals surface area contributed by atoms with E-state index in [2.05, 4.69) is 13.8 Å². The maximum absolute atomic E-state index is 2.46. The third-order valence-electron chi connectivity index (χ3n) is 3.94. The van der Waals surface area contributed by atoms with Crippen molar-refractivity contribution in [3.05, 3.63) is 0 Å². The van der Waals surface area contributed by atoms with Gasteiger partial charge in [0, 0.05) is 0 Å². The molecule has 0 aromatic carbocycles. The first kappa shape index (κ1) is 7.64. The molecule has 2 aliphatic rings. The highest BCUT2D eigenvalue weighted by Gasteiger charge is 2.37. The second-order valence-corrected chi connectivity index (χ2v) is 4.91. The fraction of sp³-hybridized carbons (Fsp3) is 1.00. The van der Waals surface area contributed by atoms with Crippen molar-refractivity contribution in [2.45, 2.75) is 46.0 Å². The zero-order chi connectivity index (χ0) is 7.84. The quantitative estimate of drug-likeness (QED) is 0.539. The van der Waals surface area contributed by atoms with Gasteiger partial charge in [-0.1, -0.05) is 26.7 Å². The van der Waals surface area contributed by atoms with Crippen molar-refractivity contribution in [1.82, 2.24) is 0 Å². The van der Waals surface area contributed by atoms with Crippen molar-refractivity contribution < 1.29 is 0 Å². The third kappa shape index (κ3) is 1.32. The lowest BCUT2D eigenvalue weighted by atomic mass is 9.67. The van der Waals surface area contributed by atoms with Crippen molar-refractivity contribution in [1.29, 1.82) is 0 Å². The van der Waals surface area contributed by atoms with E-state index >= 15 is 0 Å². The molecule has 2 rings (SSSR count). The highest BCUT2D eigenvalue weighted by Crippen LogP contribution is 2.47. The summed E-state index contributed by atoms with van der Waals surface area (Å²) in [5.74, 6) is 4.34. The Kier molecular flexibility index (Phi) is 1.95. The minimum Gasteiger partial charge on any atom is -0.0625 e. The lowest BCUT2D eigenvalue weighted by molar-refractivity contribution is 0.115. The third-order valence-corrected chi connectivity index (χ3v) is 3.94. The Hall–Kier alpha value is 0. The van der Waals surface area contributed by atoms with Gasteiger partial charge in [-0.05, 0) is 42.9 Å². The van der Waals surface area contributed by atoms with Gasteiger partial charge in [0.2, 0.25) is 0 Å². The summed E-state index contributed by atoms with van der Waals surface area (Å²) in [5, 5.41) is 0. The van der Waals surface area contributed by atoms with Gasteiger partial charge in [0.15, 0.2) is 0 Å². The molecule has 0 aromatic rings. The predicted octanol–water partition coefficient (Wildman–Crippen LogP) is 3.47. The fourth-order valence-corrected chi connectivity index (χ4v) is 3.19. The van der Waals surface area contributed by atoms with Crippen LogP contribution in [0.2, 0.25) is 0 Å². The van der Waals surface area contributed by atoms with Crippen LogP contribution in [-0.2, 0) is 0 Å². The summed E-state index contributed by atoms with van der Waals surface area (Å²) >= 11 is 0. The van der Waals surface area contributed by atoms with Crippen molar-refractivity contribution >= 4 is 0 Å². The fourth-order valence-electron chi connectivity index (χ4n) is 3.19. The number of rotatable bonds is 1. The number of hydrogen-bond acceptors (Lipinski definition) is 0. The second kappa shape index (κ2) is 2.80. The van der Waals surface area contributed by atoms with Crippen LogP contribution in [0.5, 0.6) is 0 Å². The normalized spacial score (nSPS) is 50.7. The van der Waals surface area contributed by atoms with Gasteiger partial charge in [0.05, 0.1) is 0 Å². The van der Waals surface area contributed by atoms with Crippen molar-refractivity contribution in [2.24, 2.45) is 23.7 Å². The Morgan fingerprint density at radius 3 is 2.18 bits per heavy atom. The minimum absolute atomic E-state index is 1.05. The van der Waals surface area contributed by atoms with Crippen LogP contribution in [0.1, 0.15) is 46.0 Å². The maximum Gasteiger partial charge on any atom is -0.0360 e. The van der Waals surface area contributed by atoms with E-state index in [0.717, 1.165) is 23.7 Å². The first-order chi connectivity index (χ1) is 5.27. The molecule has 2 atom stereocenters. The maximum atomic E-state index is 2.46. The van der Waals surface area contributed by atoms with Gasteiger partial charge in [-0.2, -0.15) is 0 Å². The van der Waals surface area contributed by atoms with E-state index in [9.17, 15) is 0 Å². The van der Waals surface area contributed by atoms with Crippen LogP contribution in [0.15, 0.2) is 0 Å². The summed E-state index contributed by atoms with van der Waals surface area (Å²) < 4.78 is 0. The first-order valence-electron chi connectivity index (χ1n) is 5.27. The molecule has 2 aliphatic carbocycles. The summed E-state index contributed by atoms with van der Waals surface area (Å²) in [7, 11) is 0. The summed E-state index contributed by atoms with van der Waals surface area (Å²) in [6.07, 6.45) is 7.63. The van der Waals surface area contributed by atoms with E-state index in [1.54, 1.807) is 6.42 Å². The molecule has 0 amide bonds. The Labute approximate surface area is 70.4 Å². The molecular formula is C11H20. The first-order valence-corrected chi connectivity index (χ1v) is 5.27. The highest BCUT2D eigenvalue weighted by molar-refractivity contribution is 4.87. The molecule has 0 aromatic heterocycles. The molecule has 2 saturated carbocycles. The van der Waals surface area contributed by atoms with Crippen LogP contribution in [0.4, 0.5) is 0 Å². The largest absolute Gasteiger partial charge is 0.0625 e. The van der Waals surface area contributed by atoms with Crippen LogP contribution < -0.4 is 0 Å². The highest BCUT2D eigenvalue weighted by atomic mass is 14.4. The molecule has 11 heavy (non-hydrogen) atoms. The molecule has 0 bridgehead atoms. The zero-order valence-corrected chi connectivity index (χ0v) is 7.84. The average Bonchev–Trinajstić information content (AvgIpc) is 2.29. The SMILES string of the molecule is CC1CC(C2CCCC2C)C1. The minimum atomic E-state index is 1.05. The lowest BCUT2D eigenvalue weighted by Gasteiger charge is -2.39. The summed E-state index contributed by atoms with van der Waals surface area (Å²) in [5.41, 5.74) is 0. The molecule has 0 aliphatic heterocycles. The smallest absolute Gasteiger partial charge is 0.0360 e. The zero-order valence-electron chi connectivity index (χ0n) is 7.84. The predicted molar refractivity (Wildman–Crippen MR) is 48.4 cm³/mol. The average molecular weight is 152 g/mol. The molecule has 0 nitrogen and oxygen atoms in total. The van der Waals surface area contributed by atoms with Crippen molar-refractivity contribution in [3.8, 4) is 0 Å². The molecule has 0 spiro atoms. The van der Waals surface area contributed by atoms with Crippen LogP contribution in [-0.4, -0.2) is 0 Å². The van der Waals surface area contributed by atoms with Gasteiger partial charge >= 0.3 is 0 Å². The monoisotopic (exact) mass is 152 g/mol. The standard InChI is InChI=1S/C11H20/c1-8-6-10(7-8)11-5-3-4-9(11)2/h8-11H,3-7H2,1-2H3. The number of hydrogen-bond donors (Lipinski definition) is 0. The summed E-state index contributed by atoms with van der Waals surface area (Å²) in [6, 6.07) is 0. The van der Waals surface area contributed by atoms with E-state index in [1.165, 1.54) is 25.7 Å². The molecule has 0 radical (unpaired) electrons. The molecule has 64 valence electrons. The van der Waals surface area contributed by atoms with E-state index in [0.29, 0.717) is 0 Å². The van der Waals surface area contributed by atoms with Gasteiger partial charge < -0.3 is 0 Å². The van der Waals surface area contributed by atoms with Gasteiger partial charge in [0.25, 0.3) is 0 Å². The molecule has 0 heteroatoms. The molecule has 2 fully saturated rings. The molecule has 0 heterocycles. The van der Waals surface area contributed by atoms with E-state index in [1.807, 2.05) is 0 Å². The Morgan fingerprint density at radius 2 is 1.73 bits per heavy atom. The Morgan fingerprint density at radius 1 is 1.00 bits per heavy atom. The molecular weight excluding hydrogens is 132 g/mol. The second-order valence-electron chi connectivity index (χ2n) is 4.91. The Balaban J connectivity index is 1.85. The summed E-state index contributed by atoms with van der Waals surface area (Å²) in [4.78, 5) is 0. The van der Waals surface area contributed by atoms with Crippen LogP contribution in [0.3, 0.4) is 0 Å². The van der Waals surface area contributed by atoms with E-state index < -0.39 is 0 Å². The van der Waals surface area contributed by atoms with Gasteiger partial charge in [-0.25, -0.2) is 0 Å². The van der Waals surface area contributed by atoms with Gasteiger partial charge in [-0.15, -0.1) is 0 Å². The van der Waals surface area contributed by atoms with Crippen LogP contribution in [0.25, 0.3) is 0 Å². The van der Waals surface area contributed by atoms with E-state index in [4.69, 9.17) is 0 Å². The van der Waals surface area contributed by atoms with Crippen molar-refractivity contribution in [2.75, 3.05) is 0 Å². The summed E-state index contributed by atoms with van der Waals surface area (Å²) in [6.45, 7) is 4.86. The van der Waals surface area contributed by atoms with Crippen LogP contribution >= 0.6 is 0 Å². The van der Waals surface area contributed by atoms with Crippen molar-refractivity contribution in [3.63, 3.8) is 0 Å². The Bertz CT molecular complexity index is 133. The van der Waals surface area contributed by atoms with Gasteiger partial charge in [0.1, 0.15) is 0 Å². The molecule has 2 unspecified atom stereocenters. The van der Waals surface area contributed by atoms with E-state index in [-0.39, 0.29) is 0 Å². The topological polar surface area (TPSA) is 0 Å². The van der Waals surface area contributed by atoms with Gasteiger partial charge in [-0.3, -0.25) is 0 Å². The molecule has 0 saturated heterocycles. The van der Waals surface area contributed by atoms with Crippen LogP contribution in [0, 0.1) is 23.7 Å². The lowest BCUT2D eigenvalue weighted by Crippen LogP contribution is -2.29.